The van der Waals surface area contributed by atoms with Crippen LogP contribution in [-0.2, 0) is 11.2 Å². The van der Waals surface area contributed by atoms with Gasteiger partial charge in [0.1, 0.15) is 0 Å². The van der Waals surface area contributed by atoms with Crippen LogP contribution in [0.1, 0.15) is 38.7 Å². The molecule has 110 valence electrons. The van der Waals surface area contributed by atoms with Gasteiger partial charge in [0.05, 0.1) is 0 Å². The maximum Gasteiger partial charge on any atom is 0.223 e. The maximum absolute atomic E-state index is 12.3. The molecule has 0 aliphatic carbocycles. The monoisotopic (exact) mass is 274 g/mol. The summed E-state index contributed by atoms with van der Waals surface area (Å²) in [5.41, 5.74) is 1.19. The van der Waals surface area contributed by atoms with Crippen molar-refractivity contribution >= 4 is 5.91 Å². The fraction of sp³-hybridized carbons (Fsp3) is 0.588. The molecular formula is C17H26N2O. The van der Waals surface area contributed by atoms with E-state index < -0.39 is 0 Å². The zero-order valence-corrected chi connectivity index (χ0v) is 12.6. The van der Waals surface area contributed by atoms with Gasteiger partial charge in [-0.3, -0.25) is 4.79 Å². The minimum atomic E-state index is -0.141. The number of hydrogen-bond donors (Lipinski definition) is 2. The van der Waals surface area contributed by atoms with E-state index in [0.717, 1.165) is 38.8 Å². The summed E-state index contributed by atoms with van der Waals surface area (Å²) >= 11 is 0. The van der Waals surface area contributed by atoms with Crippen LogP contribution in [0, 0.1) is 5.92 Å². The average molecular weight is 274 g/mol. The summed E-state index contributed by atoms with van der Waals surface area (Å²) in [6.07, 6.45) is 3.88. The molecule has 1 aliphatic heterocycles. The lowest BCUT2D eigenvalue weighted by Crippen LogP contribution is -2.48. The highest BCUT2D eigenvalue weighted by atomic mass is 16.2. The molecule has 3 heteroatoms. The van der Waals surface area contributed by atoms with Crippen LogP contribution in [0.3, 0.4) is 0 Å². The van der Waals surface area contributed by atoms with Gasteiger partial charge in [-0.05, 0) is 58.2 Å². The van der Waals surface area contributed by atoms with Crippen LogP contribution in [0.25, 0.3) is 0 Å². The molecule has 0 bridgehead atoms. The van der Waals surface area contributed by atoms with Crippen LogP contribution in [0.15, 0.2) is 30.3 Å². The number of rotatable bonds is 5. The lowest BCUT2D eigenvalue weighted by atomic mass is 9.92. The van der Waals surface area contributed by atoms with Crippen LogP contribution in [0.2, 0.25) is 0 Å². The largest absolute Gasteiger partial charge is 0.351 e. The third-order valence-electron chi connectivity index (χ3n) is 4.05. The molecule has 0 spiro atoms. The summed E-state index contributed by atoms with van der Waals surface area (Å²) in [5, 5.41) is 6.53. The number of amides is 1. The van der Waals surface area contributed by atoms with Crippen molar-refractivity contribution in [3.8, 4) is 0 Å². The lowest BCUT2D eigenvalue weighted by molar-refractivity contribution is -0.127. The maximum atomic E-state index is 12.3. The van der Waals surface area contributed by atoms with Crippen molar-refractivity contribution in [1.29, 1.82) is 0 Å². The Morgan fingerprint density at radius 1 is 1.25 bits per heavy atom. The van der Waals surface area contributed by atoms with Crippen molar-refractivity contribution in [3.63, 3.8) is 0 Å². The molecule has 0 atom stereocenters. The van der Waals surface area contributed by atoms with Gasteiger partial charge in [-0.15, -0.1) is 0 Å². The summed E-state index contributed by atoms with van der Waals surface area (Å²) in [5.74, 6) is 0.414. The summed E-state index contributed by atoms with van der Waals surface area (Å²) in [7, 11) is 0. The molecule has 1 saturated heterocycles. The first-order valence-corrected chi connectivity index (χ1v) is 7.63. The Morgan fingerprint density at radius 2 is 1.90 bits per heavy atom. The second kappa shape index (κ2) is 6.89. The quantitative estimate of drug-likeness (QED) is 0.866. The van der Waals surface area contributed by atoms with Gasteiger partial charge in [0.15, 0.2) is 0 Å². The number of nitrogens with one attached hydrogen (secondary N) is 2. The highest BCUT2D eigenvalue weighted by Crippen LogP contribution is 2.17. The van der Waals surface area contributed by atoms with E-state index in [2.05, 4.69) is 48.7 Å². The Hall–Kier alpha value is -1.35. The Balaban J connectivity index is 1.82. The van der Waals surface area contributed by atoms with Crippen LogP contribution in [0.4, 0.5) is 0 Å². The number of carbonyl (C=O) groups is 1. The number of aryl methyl sites for hydroxylation is 1. The predicted octanol–water partition coefficient (Wildman–Crippen LogP) is 2.51. The fourth-order valence-electron chi connectivity index (χ4n) is 2.68. The average Bonchev–Trinajstić information content (AvgIpc) is 2.47. The molecule has 1 aliphatic rings. The summed E-state index contributed by atoms with van der Waals surface area (Å²) < 4.78 is 0. The second-order valence-electron chi connectivity index (χ2n) is 6.38. The van der Waals surface area contributed by atoms with E-state index in [1.54, 1.807) is 0 Å². The third kappa shape index (κ3) is 4.64. The first-order chi connectivity index (χ1) is 9.57. The smallest absolute Gasteiger partial charge is 0.223 e. The van der Waals surface area contributed by atoms with Crippen LogP contribution < -0.4 is 10.6 Å². The van der Waals surface area contributed by atoms with Crippen molar-refractivity contribution in [1.82, 2.24) is 10.6 Å². The molecule has 1 fully saturated rings. The topological polar surface area (TPSA) is 41.1 Å². The number of benzene rings is 1. The number of piperidine rings is 1. The van der Waals surface area contributed by atoms with Crippen LogP contribution in [0.5, 0.6) is 0 Å². The molecule has 3 nitrogen and oxygen atoms in total. The lowest BCUT2D eigenvalue weighted by Gasteiger charge is -2.30. The second-order valence-corrected chi connectivity index (χ2v) is 6.38. The van der Waals surface area contributed by atoms with Gasteiger partial charge in [0.25, 0.3) is 0 Å². The molecule has 1 aromatic carbocycles. The van der Waals surface area contributed by atoms with Crippen molar-refractivity contribution in [2.45, 2.75) is 45.1 Å². The standard InChI is InChI=1S/C17H26N2O/c1-17(2,11-8-14-6-4-3-5-7-14)19-16(20)15-9-12-18-13-10-15/h3-7,15,18H,8-13H2,1-2H3,(H,19,20). The minimum Gasteiger partial charge on any atom is -0.351 e. The van der Waals surface area contributed by atoms with Gasteiger partial charge in [-0.1, -0.05) is 30.3 Å². The van der Waals surface area contributed by atoms with Crippen molar-refractivity contribution in [2.75, 3.05) is 13.1 Å². The zero-order valence-electron chi connectivity index (χ0n) is 12.6. The molecular weight excluding hydrogens is 248 g/mol. The summed E-state index contributed by atoms with van der Waals surface area (Å²) in [6.45, 7) is 6.16. The van der Waals surface area contributed by atoms with E-state index in [4.69, 9.17) is 0 Å². The van der Waals surface area contributed by atoms with Gasteiger partial charge in [-0.25, -0.2) is 0 Å². The molecule has 0 radical (unpaired) electrons. The predicted molar refractivity (Wildman–Crippen MR) is 82.6 cm³/mol. The molecule has 2 N–H and O–H groups in total. The summed E-state index contributed by atoms with van der Waals surface area (Å²) in [6, 6.07) is 10.5. The summed E-state index contributed by atoms with van der Waals surface area (Å²) in [4.78, 5) is 12.3. The first-order valence-electron chi connectivity index (χ1n) is 7.63. The Kier molecular flexibility index (Phi) is 5.18. The SMILES string of the molecule is CC(C)(CCc1ccccc1)NC(=O)C1CCNCC1. The van der Waals surface area contributed by atoms with E-state index in [-0.39, 0.29) is 17.4 Å². The van der Waals surface area contributed by atoms with Gasteiger partial charge in [0.2, 0.25) is 5.91 Å². The van der Waals surface area contributed by atoms with Gasteiger partial charge in [0, 0.05) is 11.5 Å². The van der Waals surface area contributed by atoms with Crippen molar-refractivity contribution in [3.05, 3.63) is 35.9 Å². The molecule has 0 aromatic heterocycles. The molecule has 0 unspecified atom stereocenters. The molecule has 1 heterocycles. The normalized spacial score (nSPS) is 16.9. The Morgan fingerprint density at radius 3 is 2.55 bits per heavy atom. The highest BCUT2D eigenvalue weighted by molar-refractivity contribution is 5.79. The van der Waals surface area contributed by atoms with Crippen LogP contribution >= 0.6 is 0 Å². The molecule has 1 aromatic rings. The molecule has 0 saturated carbocycles. The van der Waals surface area contributed by atoms with Crippen molar-refractivity contribution in [2.24, 2.45) is 5.92 Å². The zero-order chi connectivity index (χ0) is 14.4. The fourth-order valence-corrected chi connectivity index (χ4v) is 2.68. The highest BCUT2D eigenvalue weighted by Gasteiger charge is 2.26. The van der Waals surface area contributed by atoms with Gasteiger partial charge >= 0.3 is 0 Å². The van der Waals surface area contributed by atoms with E-state index in [9.17, 15) is 4.79 Å². The number of carbonyl (C=O) groups excluding carboxylic acids is 1. The van der Waals surface area contributed by atoms with Gasteiger partial charge < -0.3 is 10.6 Å². The minimum absolute atomic E-state index is 0.141. The molecule has 20 heavy (non-hydrogen) atoms. The van der Waals surface area contributed by atoms with Gasteiger partial charge in [-0.2, -0.15) is 0 Å². The first kappa shape index (κ1) is 15.0. The third-order valence-corrected chi connectivity index (χ3v) is 4.05. The number of hydrogen-bond acceptors (Lipinski definition) is 2. The van der Waals surface area contributed by atoms with E-state index in [1.807, 2.05) is 6.07 Å². The van der Waals surface area contributed by atoms with Crippen molar-refractivity contribution < 1.29 is 4.79 Å². The van der Waals surface area contributed by atoms with Crippen LogP contribution in [-0.4, -0.2) is 24.5 Å². The van der Waals surface area contributed by atoms with E-state index >= 15 is 0 Å². The Labute approximate surface area is 122 Å². The van der Waals surface area contributed by atoms with E-state index in [1.165, 1.54) is 5.56 Å². The molecule has 2 rings (SSSR count). The Bertz CT molecular complexity index is 422. The van der Waals surface area contributed by atoms with E-state index in [0.29, 0.717) is 0 Å². The molecule has 1 amide bonds.